The standard InChI is InChI=1S/2C12H17ClN2O3/c2*1-16-9-7-8(13)12(17-2)11(10(9)14)15-3-5-18-6-4-15/h2*7H,3-6,14H2,1-2H3. The third-order valence-corrected chi connectivity index (χ3v) is 6.48. The van der Waals surface area contributed by atoms with E-state index in [1.165, 1.54) is 0 Å². The summed E-state index contributed by atoms with van der Waals surface area (Å²) in [5.41, 5.74) is 14.9. The van der Waals surface area contributed by atoms with Crippen molar-refractivity contribution in [1.29, 1.82) is 0 Å². The minimum atomic E-state index is 0.491. The van der Waals surface area contributed by atoms with Crippen molar-refractivity contribution in [3.05, 3.63) is 22.2 Å². The Bertz CT molecular complexity index is 949. The van der Waals surface area contributed by atoms with E-state index < -0.39 is 0 Å². The molecular weight excluding hydrogens is 511 g/mol. The zero-order chi connectivity index (χ0) is 26.2. The molecule has 12 heteroatoms. The third-order valence-electron chi connectivity index (χ3n) is 5.92. The molecule has 2 aliphatic rings. The van der Waals surface area contributed by atoms with Gasteiger partial charge in [-0.1, -0.05) is 23.2 Å². The van der Waals surface area contributed by atoms with Gasteiger partial charge in [-0.15, -0.1) is 0 Å². The van der Waals surface area contributed by atoms with E-state index in [0.717, 1.165) is 37.6 Å². The zero-order valence-corrected chi connectivity index (χ0v) is 22.6. The Labute approximate surface area is 221 Å². The highest BCUT2D eigenvalue weighted by Gasteiger charge is 2.24. The molecule has 0 saturated carbocycles. The van der Waals surface area contributed by atoms with Gasteiger partial charge in [0.25, 0.3) is 0 Å². The lowest BCUT2D eigenvalue weighted by atomic mass is 10.2. The molecule has 200 valence electrons. The summed E-state index contributed by atoms with van der Waals surface area (Å²) in [6.45, 7) is 5.67. The second-order valence-corrected chi connectivity index (χ2v) is 8.73. The maximum atomic E-state index is 6.19. The summed E-state index contributed by atoms with van der Waals surface area (Å²) in [4.78, 5) is 4.21. The van der Waals surface area contributed by atoms with E-state index in [9.17, 15) is 0 Å². The van der Waals surface area contributed by atoms with E-state index >= 15 is 0 Å². The first kappa shape index (κ1) is 27.9. The quantitative estimate of drug-likeness (QED) is 0.523. The van der Waals surface area contributed by atoms with E-state index in [4.69, 9.17) is 63.1 Å². The van der Waals surface area contributed by atoms with Crippen LogP contribution in [0.15, 0.2) is 12.1 Å². The summed E-state index contributed by atoms with van der Waals surface area (Å²) in [7, 11) is 6.29. The number of nitrogen functional groups attached to an aromatic ring is 2. The molecule has 0 unspecified atom stereocenters. The summed E-state index contributed by atoms with van der Waals surface area (Å²) in [5, 5.41) is 0.982. The highest BCUT2D eigenvalue weighted by molar-refractivity contribution is 6.33. The minimum absolute atomic E-state index is 0.491. The van der Waals surface area contributed by atoms with Gasteiger partial charge in [-0.3, -0.25) is 0 Å². The first-order chi connectivity index (χ1) is 17.4. The number of hydrogen-bond acceptors (Lipinski definition) is 10. The minimum Gasteiger partial charge on any atom is -0.494 e. The average molecular weight is 545 g/mol. The van der Waals surface area contributed by atoms with E-state index in [0.29, 0.717) is 70.8 Å². The number of benzene rings is 2. The van der Waals surface area contributed by atoms with Crippen LogP contribution < -0.4 is 40.2 Å². The Kier molecular flexibility index (Phi) is 10.1. The van der Waals surface area contributed by atoms with Crippen molar-refractivity contribution < 1.29 is 28.4 Å². The largest absolute Gasteiger partial charge is 0.494 e. The van der Waals surface area contributed by atoms with Gasteiger partial charge in [0.15, 0.2) is 11.5 Å². The molecule has 0 bridgehead atoms. The van der Waals surface area contributed by atoms with Crippen LogP contribution in [0.1, 0.15) is 0 Å². The molecular formula is C24H34Cl2N4O6. The fraction of sp³-hybridized carbons (Fsp3) is 0.500. The van der Waals surface area contributed by atoms with E-state index in [2.05, 4.69) is 9.80 Å². The number of rotatable bonds is 6. The summed E-state index contributed by atoms with van der Waals surface area (Å²) < 4.78 is 31.9. The summed E-state index contributed by atoms with van der Waals surface area (Å²) in [6, 6.07) is 3.33. The molecule has 2 aromatic rings. The van der Waals surface area contributed by atoms with E-state index in [-0.39, 0.29) is 0 Å². The van der Waals surface area contributed by atoms with Gasteiger partial charge in [0.05, 0.1) is 64.9 Å². The Morgan fingerprint density at radius 3 is 1.25 bits per heavy atom. The lowest BCUT2D eigenvalue weighted by molar-refractivity contribution is 0.122. The van der Waals surface area contributed by atoms with Crippen LogP contribution in [0.25, 0.3) is 0 Å². The van der Waals surface area contributed by atoms with Gasteiger partial charge in [0.2, 0.25) is 0 Å². The molecule has 2 saturated heterocycles. The number of anilines is 4. The van der Waals surface area contributed by atoms with Crippen molar-refractivity contribution in [2.45, 2.75) is 0 Å². The smallest absolute Gasteiger partial charge is 0.163 e. The molecule has 0 aromatic heterocycles. The van der Waals surface area contributed by atoms with Crippen LogP contribution >= 0.6 is 23.2 Å². The van der Waals surface area contributed by atoms with Crippen molar-refractivity contribution in [2.75, 3.05) is 102 Å². The number of nitrogens with two attached hydrogens (primary N) is 2. The normalized spacial score (nSPS) is 15.6. The molecule has 0 aliphatic carbocycles. The molecule has 0 spiro atoms. The summed E-state index contributed by atoms with van der Waals surface area (Å²) in [6.07, 6.45) is 0. The van der Waals surface area contributed by atoms with Crippen molar-refractivity contribution in [1.82, 2.24) is 0 Å². The highest BCUT2D eigenvalue weighted by Crippen LogP contribution is 2.47. The first-order valence-electron chi connectivity index (χ1n) is 11.4. The van der Waals surface area contributed by atoms with Crippen molar-refractivity contribution in [3.8, 4) is 23.0 Å². The fourth-order valence-corrected chi connectivity index (χ4v) is 4.68. The topological polar surface area (TPSA) is 114 Å². The van der Waals surface area contributed by atoms with Crippen molar-refractivity contribution in [3.63, 3.8) is 0 Å². The SMILES string of the molecule is COc1cc(Cl)c(OC)c(N2CCOCC2)c1N.COc1cc(Cl)c(OC)c(N2CCOCC2)c1N. The van der Waals surface area contributed by atoms with Crippen LogP contribution in [0.3, 0.4) is 0 Å². The van der Waals surface area contributed by atoms with E-state index in [1.54, 1.807) is 40.6 Å². The predicted molar refractivity (Wildman–Crippen MR) is 144 cm³/mol. The van der Waals surface area contributed by atoms with Crippen molar-refractivity contribution >= 4 is 46.0 Å². The fourth-order valence-electron chi connectivity index (χ4n) is 4.15. The zero-order valence-electron chi connectivity index (χ0n) is 21.1. The third kappa shape index (κ3) is 6.00. The van der Waals surface area contributed by atoms with Crippen LogP contribution in [-0.2, 0) is 9.47 Å². The molecule has 10 nitrogen and oxygen atoms in total. The van der Waals surface area contributed by atoms with Crippen LogP contribution in [-0.4, -0.2) is 81.0 Å². The summed E-state index contributed by atoms with van der Waals surface area (Å²) in [5.74, 6) is 2.28. The number of nitrogens with zero attached hydrogens (tertiary/aromatic N) is 2. The summed E-state index contributed by atoms with van der Waals surface area (Å²) >= 11 is 12.4. The molecule has 0 radical (unpaired) electrons. The van der Waals surface area contributed by atoms with Crippen LogP contribution in [0, 0.1) is 0 Å². The maximum absolute atomic E-state index is 6.19. The molecule has 2 fully saturated rings. The first-order valence-corrected chi connectivity index (χ1v) is 12.2. The second-order valence-electron chi connectivity index (χ2n) is 7.91. The lowest BCUT2D eigenvalue weighted by Crippen LogP contribution is -2.37. The van der Waals surface area contributed by atoms with Crippen LogP contribution in [0.2, 0.25) is 10.0 Å². The monoisotopic (exact) mass is 544 g/mol. The van der Waals surface area contributed by atoms with Gasteiger partial charge < -0.3 is 49.7 Å². The molecule has 4 N–H and O–H groups in total. The number of morpholine rings is 2. The Morgan fingerprint density at radius 1 is 0.639 bits per heavy atom. The maximum Gasteiger partial charge on any atom is 0.163 e. The van der Waals surface area contributed by atoms with Crippen LogP contribution in [0.5, 0.6) is 23.0 Å². The van der Waals surface area contributed by atoms with Gasteiger partial charge in [-0.2, -0.15) is 0 Å². The van der Waals surface area contributed by atoms with Gasteiger partial charge in [-0.25, -0.2) is 0 Å². The predicted octanol–water partition coefficient (Wildman–Crippen LogP) is 3.55. The Morgan fingerprint density at radius 2 is 0.972 bits per heavy atom. The van der Waals surface area contributed by atoms with Gasteiger partial charge in [-0.05, 0) is 0 Å². The molecule has 2 aliphatic heterocycles. The average Bonchev–Trinajstić information content (AvgIpc) is 2.91. The molecule has 2 heterocycles. The highest BCUT2D eigenvalue weighted by atomic mass is 35.5. The van der Waals surface area contributed by atoms with Gasteiger partial charge >= 0.3 is 0 Å². The second kappa shape index (κ2) is 13.0. The van der Waals surface area contributed by atoms with Gasteiger partial charge in [0, 0.05) is 38.3 Å². The molecule has 2 aromatic carbocycles. The van der Waals surface area contributed by atoms with E-state index in [1.807, 2.05) is 0 Å². The molecule has 36 heavy (non-hydrogen) atoms. The number of halogens is 2. The molecule has 0 amide bonds. The Balaban J connectivity index is 0.000000201. The Hall–Kier alpha value is -2.66. The van der Waals surface area contributed by atoms with Crippen molar-refractivity contribution in [2.24, 2.45) is 0 Å². The molecule has 0 atom stereocenters. The number of ether oxygens (including phenoxy) is 6. The molecule has 4 rings (SSSR count). The number of hydrogen-bond donors (Lipinski definition) is 2. The number of methoxy groups -OCH3 is 4. The van der Waals surface area contributed by atoms with Crippen LogP contribution in [0.4, 0.5) is 22.7 Å². The van der Waals surface area contributed by atoms with Gasteiger partial charge in [0.1, 0.15) is 34.2 Å². The lowest BCUT2D eigenvalue weighted by Gasteiger charge is -2.31.